The maximum atomic E-state index is 13.6. The smallest absolute Gasteiger partial charge is 0.216 e. The summed E-state index contributed by atoms with van der Waals surface area (Å²) in [6.07, 6.45) is 1.96. The van der Waals surface area contributed by atoms with E-state index >= 15 is 0 Å². The number of hydrogen-bond donors (Lipinski definition) is 0. The summed E-state index contributed by atoms with van der Waals surface area (Å²) >= 11 is 0. The summed E-state index contributed by atoms with van der Waals surface area (Å²) in [4.78, 5) is 15.9. The number of nitriles is 1. The van der Waals surface area contributed by atoms with Gasteiger partial charge in [0.1, 0.15) is 0 Å². The van der Waals surface area contributed by atoms with Gasteiger partial charge in [0.25, 0.3) is 0 Å². The highest BCUT2D eigenvalue weighted by atomic mass is 32.2. The first-order valence-electron chi connectivity index (χ1n) is 12.1. The molecule has 0 spiro atoms. The second-order valence-corrected chi connectivity index (χ2v) is 13.1. The van der Waals surface area contributed by atoms with Gasteiger partial charge in [-0.1, -0.05) is 38.1 Å². The van der Waals surface area contributed by atoms with E-state index in [2.05, 4.69) is 30.9 Å². The molecule has 1 heterocycles. The quantitative estimate of drug-likeness (QED) is 0.651. The SMILES string of the molecule is CN(C)S(=O)(=O)C1CCN(Cc2ccc3c(c2)C(C)(C)C2=C(C3=O)c3ccc(C#N)cc3C2)CC1. The number of carbonyl (C=O) groups is 1. The van der Waals surface area contributed by atoms with Crippen molar-refractivity contribution in [1.82, 2.24) is 9.21 Å². The Balaban J connectivity index is 1.38. The Morgan fingerprint density at radius 3 is 2.43 bits per heavy atom. The predicted molar refractivity (Wildman–Crippen MR) is 136 cm³/mol. The number of fused-ring (bicyclic) bond motifs is 3. The molecule has 0 amide bonds. The molecule has 3 aliphatic rings. The molecule has 0 radical (unpaired) electrons. The molecular weight excluding hydrogens is 458 g/mol. The number of hydrogen-bond acceptors (Lipinski definition) is 5. The predicted octanol–water partition coefficient (Wildman–Crippen LogP) is 3.90. The van der Waals surface area contributed by atoms with Gasteiger partial charge in [-0.3, -0.25) is 9.69 Å². The van der Waals surface area contributed by atoms with Crippen molar-refractivity contribution in [3.05, 3.63) is 75.4 Å². The minimum atomic E-state index is -3.22. The normalized spacial score (nSPS) is 19.9. The van der Waals surface area contributed by atoms with E-state index in [1.54, 1.807) is 20.2 Å². The summed E-state index contributed by atoms with van der Waals surface area (Å²) in [5.41, 5.74) is 7.23. The lowest BCUT2D eigenvalue weighted by molar-refractivity contribution is 0.105. The van der Waals surface area contributed by atoms with Crippen LogP contribution < -0.4 is 0 Å². The summed E-state index contributed by atoms with van der Waals surface area (Å²) in [6.45, 7) is 6.59. The number of carbonyl (C=O) groups excluding carboxylic acids is 1. The number of nitrogens with zero attached hydrogens (tertiary/aromatic N) is 3. The third-order valence-electron chi connectivity index (χ3n) is 8.03. The van der Waals surface area contributed by atoms with Gasteiger partial charge in [0.15, 0.2) is 5.78 Å². The maximum absolute atomic E-state index is 13.6. The summed E-state index contributed by atoms with van der Waals surface area (Å²) in [5.74, 6) is 0.0686. The second-order valence-electron chi connectivity index (χ2n) is 10.7. The van der Waals surface area contributed by atoms with Crippen molar-refractivity contribution in [3.8, 4) is 6.07 Å². The zero-order valence-electron chi connectivity index (χ0n) is 20.8. The van der Waals surface area contributed by atoms with E-state index in [1.807, 2.05) is 24.3 Å². The van der Waals surface area contributed by atoms with Gasteiger partial charge in [0, 0.05) is 37.2 Å². The average Bonchev–Trinajstić information content (AvgIpc) is 3.23. The number of allylic oxidation sites excluding steroid dienone is 2. The van der Waals surface area contributed by atoms with Crippen molar-refractivity contribution in [1.29, 1.82) is 5.26 Å². The van der Waals surface area contributed by atoms with Gasteiger partial charge in [-0.25, -0.2) is 12.7 Å². The second kappa shape index (κ2) is 8.41. The number of ketones is 1. The molecule has 1 fully saturated rings. The lowest BCUT2D eigenvalue weighted by Gasteiger charge is -2.36. The molecule has 1 saturated heterocycles. The molecule has 182 valence electrons. The number of sulfonamides is 1. The van der Waals surface area contributed by atoms with Crippen LogP contribution in [0.3, 0.4) is 0 Å². The molecule has 2 aliphatic carbocycles. The van der Waals surface area contributed by atoms with Crippen molar-refractivity contribution >= 4 is 21.4 Å². The molecule has 0 saturated carbocycles. The fraction of sp³-hybridized carbons (Fsp3) is 0.429. The molecule has 0 atom stereocenters. The van der Waals surface area contributed by atoms with Crippen LogP contribution in [0.15, 0.2) is 42.0 Å². The Morgan fingerprint density at radius 2 is 1.77 bits per heavy atom. The van der Waals surface area contributed by atoms with Crippen LogP contribution in [0, 0.1) is 11.3 Å². The number of piperidine rings is 1. The molecule has 0 bridgehead atoms. The first kappa shape index (κ1) is 23.9. The van der Waals surface area contributed by atoms with E-state index in [-0.39, 0.29) is 16.4 Å². The Hall–Kier alpha value is -2.79. The number of benzene rings is 2. The van der Waals surface area contributed by atoms with Crippen LogP contribution in [0.1, 0.15) is 64.9 Å². The number of Topliss-reactive ketones (excluding diaryl/α,β-unsaturated/α-hetero) is 1. The van der Waals surface area contributed by atoms with E-state index < -0.39 is 10.0 Å². The average molecular weight is 490 g/mol. The summed E-state index contributed by atoms with van der Waals surface area (Å²) < 4.78 is 26.3. The monoisotopic (exact) mass is 489 g/mol. The molecular formula is C28H31N3O3S. The highest BCUT2D eigenvalue weighted by Gasteiger charge is 2.43. The molecule has 2 aromatic carbocycles. The third-order valence-corrected chi connectivity index (χ3v) is 10.4. The summed E-state index contributed by atoms with van der Waals surface area (Å²) in [7, 11) is -0.0167. The number of rotatable bonds is 4. The topological polar surface area (TPSA) is 81.5 Å². The van der Waals surface area contributed by atoms with Gasteiger partial charge in [-0.15, -0.1) is 0 Å². The molecule has 35 heavy (non-hydrogen) atoms. The largest absolute Gasteiger partial charge is 0.299 e. The van der Waals surface area contributed by atoms with Gasteiger partial charge >= 0.3 is 0 Å². The fourth-order valence-corrected chi connectivity index (χ4v) is 7.31. The highest BCUT2D eigenvalue weighted by Crippen LogP contribution is 2.50. The number of likely N-dealkylation sites (tertiary alicyclic amines) is 1. The van der Waals surface area contributed by atoms with Crippen molar-refractivity contribution in [2.75, 3.05) is 27.2 Å². The lowest BCUT2D eigenvalue weighted by atomic mass is 9.68. The van der Waals surface area contributed by atoms with E-state index in [0.29, 0.717) is 24.8 Å². The van der Waals surface area contributed by atoms with Gasteiger partial charge in [0.2, 0.25) is 10.0 Å². The Kier molecular flexibility index (Phi) is 5.75. The van der Waals surface area contributed by atoms with Crippen LogP contribution in [-0.4, -0.2) is 55.8 Å². The Labute approximate surface area is 207 Å². The third kappa shape index (κ3) is 3.85. The Morgan fingerprint density at radius 1 is 1.09 bits per heavy atom. The Bertz CT molecular complexity index is 1410. The fourth-order valence-electron chi connectivity index (χ4n) is 5.91. The standard InChI is InChI=1S/C28H31N3O3S/c1-28(2)24-14-19(17-31-11-9-21(10-12-31)35(33,34)30(3)4)6-8-23(24)27(32)26-22-7-5-18(16-29)13-20(22)15-25(26)28/h5-8,13-14,21H,9-12,15,17H2,1-4H3. The molecule has 0 N–H and O–H groups in total. The molecule has 1 aliphatic heterocycles. The van der Waals surface area contributed by atoms with Crippen LogP contribution >= 0.6 is 0 Å². The van der Waals surface area contributed by atoms with Crippen LogP contribution in [0.25, 0.3) is 5.57 Å². The minimum absolute atomic E-state index is 0.0686. The molecule has 6 nitrogen and oxygen atoms in total. The zero-order chi connectivity index (χ0) is 25.1. The van der Waals surface area contributed by atoms with Crippen molar-refractivity contribution < 1.29 is 13.2 Å². The van der Waals surface area contributed by atoms with Crippen LogP contribution in [-0.2, 0) is 28.4 Å². The van der Waals surface area contributed by atoms with E-state index in [4.69, 9.17) is 0 Å². The van der Waals surface area contributed by atoms with Gasteiger partial charge in [0.05, 0.1) is 16.9 Å². The van der Waals surface area contributed by atoms with Crippen molar-refractivity contribution in [2.24, 2.45) is 0 Å². The van der Waals surface area contributed by atoms with E-state index in [0.717, 1.165) is 58.6 Å². The molecule has 2 aromatic rings. The van der Waals surface area contributed by atoms with Crippen LogP contribution in [0.5, 0.6) is 0 Å². The van der Waals surface area contributed by atoms with Crippen molar-refractivity contribution in [3.63, 3.8) is 0 Å². The molecule has 0 unspecified atom stereocenters. The molecule has 5 rings (SSSR count). The van der Waals surface area contributed by atoms with E-state index in [1.165, 1.54) is 4.31 Å². The summed E-state index contributed by atoms with van der Waals surface area (Å²) in [5, 5.41) is 8.99. The molecule has 0 aromatic heterocycles. The van der Waals surface area contributed by atoms with Gasteiger partial charge in [-0.05, 0) is 72.3 Å². The minimum Gasteiger partial charge on any atom is -0.299 e. The van der Waals surface area contributed by atoms with Gasteiger partial charge < -0.3 is 0 Å². The van der Waals surface area contributed by atoms with E-state index in [9.17, 15) is 18.5 Å². The maximum Gasteiger partial charge on any atom is 0.216 e. The van der Waals surface area contributed by atoms with Crippen molar-refractivity contribution in [2.45, 2.75) is 50.3 Å². The summed E-state index contributed by atoms with van der Waals surface area (Å²) in [6, 6.07) is 14.0. The first-order chi connectivity index (χ1) is 16.5. The van der Waals surface area contributed by atoms with Crippen LogP contribution in [0.2, 0.25) is 0 Å². The highest BCUT2D eigenvalue weighted by molar-refractivity contribution is 7.89. The molecule has 7 heteroatoms. The lowest BCUT2D eigenvalue weighted by Crippen LogP contribution is -2.42. The van der Waals surface area contributed by atoms with Crippen LogP contribution in [0.4, 0.5) is 0 Å². The first-order valence-corrected chi connectivity index (χ1v) is 13.6. The van der Waals surface area contributed by atoms with Gasteiger partial charge in [-0.2, -0.15) is 5.26 Å². The zero-order valence-corrected chi connectivity index (χ0v) is 21.6.